The summed E-state index contributed by atoms with van der Waals surface area (Å²) in [6, 6.07) is 10.3. The van der Waals surface area contributed by atoms with Crippen molar-refractivity contribution < 1.29 is 9.21 Å². The van der Waals surface area contributed by atoms with Crippen molar-refractivity contribution in [3.05, 3.63) is 58.1 Å². The molecule has 0 saturated carbocycles. The van der Waals surface area contributed by atoms with E-state index < -0.39 is 5.76 Å². The predicted octanol–water partition coefficient (Wildman–Crippen LogP) is 3.38. The number of rotatable bonds is 2. The first-order chi connectivity index (χ1) is 10.5. The minimum atomic E-state index is -0.521. The molecule has 2 amide bonds. The van der Waals surface area contributed by atoms with Crippen LogP contribution in [0.25, 0.3) is 11.1 Å². The molecule has 1 heterocycles. The van der Waals surface area contributed by atoms with Crippen LogP contribution in [0.15, 0.2) is 45.6 Å². The van der Waals surface area contributed by atoms with E-state index in [1.165, 1.54) is 0 Å². The lowest BCUT2D eigenvalue weighted by atomic mass is 10.1. The highest BCUT2D eigenvalue weighted by molar-refractivity contribution is 6.01. The summed E-state index contributed by atoms with van der Waals surface area (Å²) in [6.45, 7) is 3.94. The van der Waals surface area contributed by atoms with Crippen molar-refractivity contribution >= 4 is 28.5 Å². The summed E-state index contributed by atoms with van der Waals surface area (Å²) in [5, 5.41) is 5.52. The van der Waals surface area contributed by atoms with Gasteiger partial charge in [0.1, 0.15) is 0 Å². The smallest absolute Gasteiger partial charge is 0.408 e. The zero-order valence-electron chi connectivity index (χ0n) is 12.2. The summed E-state index contributed by atoms with van der Waals surface area (Å²) in [4.78, 5) is 25.7. The fourth-order valence-corrected chi connectivity index (χ4v) is 2.19. The van der Waals surface area contributed by atoms with Crippen molar-refractivity contribution in [3.63, 3.8) is 0 Å². The molecule has 3 N–H and O–H groups in total. The van der Waals surface area contributed by atoms with E-state index in [9.17, 15) is 9.59 Å². The second-order valence-electron chi connectivity index (χ2n) is 5.05. The van der Waals surface area contributed by atoms with Gasteiger partial charge in [-0.1, -0.05) is 12.1 Å². The van der Waals surface area contributed by atoms with E-state index in [1.54, 1.807) is 18.2 Å². The zero-order valence-corrected chi connectivity index (χ0v) is 12.2. The third kappa shape index (κ3) is 2.71. The van der Waals surface area contributed by atoms with Gasteiger partial charge in [-0.05, 0) is 43.2 Å². The molecule has 0 spiro atoms. The van der Waals surface area contributed by atoms with E-state index in [0.29, 0.717) is 16.8 Å². The van der Waals surface area contributed by atoms with Gasteiger partial charge in [-0.3, -0.25) is 4.98 Å². The van der Waals surface area contributed by atoms with Crippen molar-refractivity contribution in [3.8, 4) is 0 Å². The molecule has 0 aliphatic carbocycles. The van der Waals surface area contributed by atoms with Crippen LogP contribution in [-0.4, -0.2) is 11.0 Å². The molecule has 6 heteroatoms. The summed E-state index contributed by atoms with van der Waals surface area (Å²) >= 11 is 0. The van der Waals surface area contributed by atoms with Crippen molar-refractivity contribution in [1.82, 2.24) is 4.98 Å². The van der Waals surface area contributed by atoms with Gasteiger partial charge in [0.05, 0.1) is 5.52 Å². The predicted molar refractivity (Wildman–Crippen MR) is 85.4 cm³/mol. The van der Waals surface area contributed by atoms with Crippen LogP contribution < -0.4 is 16.4 Å². The third-order valence-electron chi connectivity index (χ3n) is 3.53. The van der Waals surface area contributed by atoms with Crippen LogP contribution in [0.4, 0.5) is 16.2 Å². The molecule has 0 unspecified atom stereocenters. The second-order valence-corrected chi connectivity index (χ2v) is 5.05. The summed E-state index contributed by atoms with van der Waals surface area (Å²) in [5.74, 6) is -0.521. The summed E-state index contributed by atoms with van der Waals surface area (Å²) in [5.41, 5.74) is 4.41. The number of amides is 2. The Bertz CT molecular complexity index is 908. The number of oxazole rings is 1. The number of benzene rings is 2. The molecule has 1 aromatic heterocycles. The molecular formula is C16H15N3O3. The maximum Gasteiger partial charge on any atom is 0.417 e. The molecule has 0 aliphatic heterocycles. The number of carbonyl (C=O) groups excluding carboxylic acids is 1. The Morgan fingerprint density at radius 2 is 1.95 bits per heavy atom. The summed E-state index contributed by atoms with van der Waals surface area (Å²) < 4.78 is 4.96. The highest BCUT2D eigenvalue weighted by atomic mass is 16.4. The summed E-state index contributed by atoms with van der Waals surface area (Å²) in [6.07, 6.45) is 0. The van der Waals surface area contributed by atoms with Gasteiger partial charge in [-0.25, -0.2) is 9.59 Å². The number of hydrogen-bond donors (Lipinski definition) is 3. The van der Waals surface area contributed by atoms with Crippen LogP contribution in [0.2, 0.25) is 0 Å². The quantitative estimate of drug-likeness (QED) is 0.677. The van der Waals surface area contributed by atoms with Gasteiger partial charge in [0.25, 0.3) is 0 Å². The SMILES string of the molecule is Cc1cccc(NC(=O)Nc2ccc3[nH]c(=O)oc3c2)c1C. The van der Waals surface area contributed by atoms with Crippen molar-refractivity contribution in [2.24, 2.45) is 0 Å². The van der Waals surface area contributed by atoms with Gasteiger partial charge in [-0.2, -0.15) is 0 Å². The molecule has 0 saturated heterocycles. The molecule has 112 valence electrons. The molecular weight excluding hydrogens is 282 g/mol. The molecule has 0 radical (unpaired) electrons. The Kier molecular flexibility index (Phi) is 3.42. The monoisotopic (exact) mass is 297 g/mol. The Morgan fingerprint density at radius 1 is 1.14 bits per heavy atom. The van der Waals surface area contributed by atoms with E-state index in [-0.39, 0.29) is 6.03 Å². The Hall–Kier alpha value is -3.02. The number of aromatic amines is 1. The van der Waals surface area contributed by atoms with Crippen LogP contribution in [0.5, 0.6) is 0 Å². The largest absolute Gasteiger partial charge is 0.417 e. The number of carbonyl (C=O) groups is 1. The number of aromatic nitrogens is 1. The minimum Gasteiger partial charge on any atom is -0.408 e. The summed E-state index contributed by atoms with van der Waals surface area (Å²) in [7, 11) is 0. The molecule has 0 fully saturated rings. The topological polar surface area (TPSA) is 87.1 Å². The molecule has 6 nitrogen and oxygen atoms in total. The fourth-order valence-electron chi connectivity index (χ4n) is 2.19. The molecule has 2 aromatic carbocycles. The minimum absolute atomic E-state index is 0.356. The van der Waals surface area contributed by atoms with Crippen LogP contribution >= 0.6 is 0 Å². The standard InChI is InChI=1S/C16H15N3O3/c1-9-4-3-5-12(10(9)2)18-15(20)17-11-6-7-13-14(8-11)22-16(21)19-13/h3-8H,1-2H3,(H,19,21)(H2,17,18,20). The normalized spacial score (nSPS) is 10.6. The van der Waals surface area contributed by atoms with Crippen LogP contribution in [0.3, 0.4) is 0 Å². The van der Waals surface area contributed by atoms with E-state index in [4.69, 9.17) is 4.42 Å². The first-order valence-corrected chi connectivity index (χ1v) is 6.80. The molecule has 3 aromatic rings. The van der Waals surface area contributed by atoms with Gasteiger partial charge in [-0.15, -0.1) is 0 Å². The number of H-pyrrole nitrogens is 1. The maximum absolute atomic E-state index is 12.1. The van der Waals surface area contributed by atoms with Gasteiger partial charge in [0.15, 0.2) is 5.58 Å². The molecule has 22 heavy (non-hydrogen) atoms. The van der Waals surface area contributed by atoms with Gasteiger partial charge in [0, 0.05) is 17.4 Å². The molecule has 0 aliphatic rings. The van der Waals surface area contributed by atoms with Gasteiger partial charge >= 0.3 is 11.8 Å². The maximum atomic E-state index is 12.1. The lowest BCUT2D eigenvalue weighted by Crippen LogP contribution is -2.20. The lowest BCUT2D eigenvalue weighted by molar-refractivity contribution is 0.262. The second kappa shape index (κ2) is 5.40. The lowest BCUT2D eigenvalue weighted by Gasteiger charge is -2.11. The van der Waals surface area contributed by atoms with Crippen LogP contribution in [-0.2, 0) is 0 Å². The molecule has 0 atom stereocenters. The zero-order chi connectivity index (χ0) is 15.7. The Labute approximate surface area is 126 Å². The first kappa shape index (κ1) is 13.9. The van der Waals surface area contributed by atoms with Crippen LogP contribution in [0.1, 0.15) is 11.1 Å². The highest BCUT2D eigenvalue weighted by Gasteiger charge is 2.08. The van der Waals surface area contributed by atoms with Crippen LogP contribution in [0, 0.1) is 13.8 Å². The Balaban J connectivity index is 1.77. The Morgan fingerprint density at radius 3 is 2.77 bits per heavy atom. The van der Waals surface area contributed by atoms with Gasteiger partial charge in [0.2, 0.25) is 0 Å². The number of nitrogens with one attached hydrogen (secondary N) is 3. The average molecular weight is 297 g/mol. The van der Waals surface area contributed by atoms with Crippen molar-refractivity contribution in [2.75, 3.05) is 10.6 Å². The van der Waals surface area contributed by atoms with Crippen molar-refractivity contribution in [1.29, 1.82) is 0 Å². The number of urea groups is 1. The van der Waals surface area contributed by atoms with E-state index in [2.05, 4.69) is 15.6 Å². The average Bonchev–Trinajstić information content (AvgIpc) is 2.83. The number of aryl methyl sites for hydroxylation is 1. The van der Waals surface area contributed by atoms with E-state index >= 15 is 0 Å². The molecule has 0 bridgehead atoms. The number of anilines is 2. The third-order valence-corrected chi connectivity index (χ3v) is 3.53. The first-order valence-electron chi connectivity index (χ1n) is 6.80. The van der Waals surface area contributed by atoms with E-state index in [0.717, 1.165) is 16.8 Å². The molecule has 3 rings (SSSR count). The number of hydrogen-bond acceptors (Lipinski definition) is 3. The fraction of sp³-hybridized carbons (Fsp3) is 0.125. The van der Waals surface area contributed by atoms with Crippen molar-refractivity contribution in [2.45, 2.75) is 13.8 Å². The number of fused-ring (bicyclic) bond motifs is 1. The highest BCUT2D eigenvalue weighted by Crippen LogP contribution is 2.19. The van der Waals surface area contributed by atoms with Gasteiger partial charge < -0.3 is 15.1 Å². The van der Waals surface area contributed by atoms with E-state index in [1.807, 2.05) is 32.0 Å².